The molecule has 0 N–H and O–H groups in total. The quantitative estimate of drug-likeness (QED) is 0.215. The van der Waals surface area contributed by atoms with Crippen molar-refractivity contribution in [1.82, 2.24) is 9.97 Å². The molecule has 3 heteroatoms. The lowest BCUT2D eigenvalue weighted by molar-refractivity contribution is 1.24. The zero-order chi connectivity index (χ0) is 25.5. The zero-order valence-corrected chi connectivity index (χ0v) is 21.7. The van der Waals surface area contributed by atoms with Crippen molar-refractivity contribution >= 4 is 74.7 Å². The molecule has 39 heavy (non-hydrogen) atoms. The van der Waals surface area contributed by atoms with Gasteiger partial charge in [-0.25, -0.2) is 9.97 Å². The average Bonchev–Trinajstić information content (AvgIpc) is 3.39. The van der Waals surface area contributed by atoms with E-state index in [9.17, 15) is 0 Å². The van der Waals surface area contributed by atoms with Gasteiger partial charge < -0.3 is 0 Å². The molecule has 0 saturated heterocycles. The summed E-state index contributed by atoms with van der Waals surface area (Å²) in [6, 6.07) is 43.3. The predicted molar refractivity (Wildman–Crippen MR) is 167 cm³/mol. The molecule has 0 bridgehead atoms. The van der Waals surface area contributed by atoms with Gasteiger partial charge >= 0.3 is 0 Å². The molecule has 0 spiro atoms. The highest BCUT2D eigenvalue weighted by molar-refractivity contribution is 7.26. The van der Waals surface area contributed by atoms with E-state index in [4.69, 9.17) is 9.97 Å². The Balaban J connectivity index is 1.45. The number of hydrogen-bond acceptors (Lipinski definition) is 3. The van der Waals surface area contributed by atoms with Crippen molar-refractivity contribution in [3.63, 3.8) is 0 Å². The third-order valence-corrected chi connectivity index (χ3v) is 9.18. The van der Waals surface area contributed by atoms with Gasteiger partial charge in [-0.15, -0.1) is 11.3 Å². The average molecular weight is 513 g/mol. The van der Waals surface area contributed by atoms with Crippen LogP contribution in [0.1, 0.15) is 0 Å². The van der Waals surface area contributed by atoms with E-state index in [1.165, 1.54) is 52.5 Å². The molecule has 0 atom stereocenters. The maximum Gasteiger partial charge on any atom is 0.161 e. The van der Waals surface area contributed by atoms with Gasteiger partial charge in [-0.1, -0.05) is 103 Å². The van der Waals surface area contributed by atoms with Gasteiger partial charge in [0.25, 0.3) is 0 Å². The second-order valence-corrected chi connectivity index (χ2v) is 11.2. The van der Waals surface area contributed by atoms with Crippen molar-refractivity contribution in [2.75, 3.05) is 0 Å². The second kappa shape index (κ2) is 7.83. The van der Waals surface area contributed by atoms with Crippen LogP contribution in [0, 0.1) is 0 Å². The molecule has 0 fully saturated rings. The molecule has 9 rings (SSSR count). The Bertz CT molecular complexity index is 2390. The largest absolute Gasteiger partial charge is 0.228 e. The van der Waals surface area contributed by atoms with E-state index in [1.807, 2.05) is 17.4 Å². The highest BCUT2D eigenvalue weighted by Gasteiger charge is 2.22. The number of thiophene rings is 1. The minimum absolute atomic E-state index is 0.774. The molecule has 2 aromatic heterocycles. The number of benzene rings is 7. The summed E-state index contributed by atoms with van der Waals surface area (Å²) in [5, 5.41) is 11.6. The topological polar surface area (TPSA) is 25.8 Å². The van der Waals surface area contributed by atoms with Gasteiger partial charge in [0.2, 0.25) is 0 Å². The first kappa shape index (κ1) is 21.1. The lowest BCUT2D eigenvalue weighted by Gasteiger charge is -2.13. The Morgan fingerprint density at radius 2 is 1.18 bits per heavy atom. The SMILES string of the molecule is c1ccc(-c2nc(-c3ccc4c5ccccc5c5c6ccccc6cc6sc3c4c65)nc3ccccc23)cc1. The standard InChI is InChI=1S/C36H20N2S/c1-2-10-21(11-3-1)34-27-16-8-9-17-29(27)37-36(38-34)28-19-18-26-24-14-6-7-15-25(24)31-23-13-5-4-12-22(23)20-30-33(31)32(26)35(28)39-30/h1-20H. The summed E-state index contributed by atoms with van der Waals surface area (Å²) in [6.45, 7) is 0. The van der Waals surface area contributed by atoms with Crippen LogP contribution in [0.3, 0.4) is 0 Å². The molecule has 2 heterocycles. The van der Waals surface area contributed by atoms with Crippen LogP contribution in [-0.2, 0) is 0 Å². The highest BCUT2D eigenvalue weighted by atomic mass is 32.1. The molecular formula is C36H20N2S. The lowest BCUT2D eigenvalue weighted by Crippen LogP contribution is -1.95. The summed E-state index contributed by atoms with van der Waals surface area (Å²) >= 11 is 1.86. The van der Waals surface area contributed by atoms with Crippen molar-refractivity contribution in [1.29, 1.82) is 0 Å². The monoisotopic (exact) mass is 512 g/mol. The number of nitrogens with zero attached hydrogens (tertiary/aromatic N) is 2. The molecule has 2 nitrogen and oxygen atoms in total. The zero-order valence-electron chi connectivity index (χ0n) is 20.8. The lowest BCUT2D eigenvalue weighted by atomic mass is 9.90. The van der Waals surface area contributed by atoms with Crippen LogP contribution in [0.5, 0.6) is 0 Å². The summed E-state index contributed by atoms with van der Waals surface area (Å²) in [6.07, 6.45) is 0. The van der Waals surface area contributed by atoms with Gasteiger partial charge in [0, 0.05) is 36.7 Å². The van der Waals surface area contributed by atoms with Crippen molar-refractivity contribution in [3.8, 4) is 22.6 Å². The Hall–Kier alpha value is -4.86. The fourth-order valence-corrected chi connectivity index (χ4v) is 7.62. The van der Waals surface area contributed by atoms with E-state index < -0.39 is 0 Å². The van der Waals surface area contributed by atoms with Crippen molar-refractivity contribution in [2.45, 2.75) is 0 Å². The van der Waals surface area contributed by atoms with Crippen LogP contribution < -0.4 is 0 Å². The highest BCUT2D eigenvalue weighted by Crippen LogP contribution is 2.50. The second-order valence-electron chi connectivity index (χ2n) is 10.1. The summed E-state index contributed by atoms with van der Waals surface area (Å²) in [7, 11) is 0. The van der Waals surface area contributed by atoms with Crippen LogP contribution in [0.15, 0.2) is 121 Å². The van der Waals surface area contributed by atoms with Crippen LogP contribution in [-0.4, -0.2) is 9.97 Å². The summed E-state index contributed by atoms with van der Waals surface area (Å²) in [5.74, 6) is 0.774. The minimum Gasteiger partial charge on any atom is -0.228 e. The van der Waals surface area contributed by atoms with Gasteiger partial charge in [-0.3, -0.25) is 0 Å². The van der Waals surface area contributed by atoms with Crippen molar-refractivity contribution in [3.05, 3.63) is 121 Å². The molecule has 0 aliphatic heterocycles. The molecule has 0 amide bonds. The molecule has 0 saturated carbocycles. The third kappa shape index (κ3) is 2.91. The molecule has 7 aromatic carbocycles. The van der Waals surface area contributed by atoms with Crippen molar-refractivity contribution in [2.24, 2.45) is 0 Å². The van der Waals surface area contributed by atoms with Gasteiger partial charge in [-0.2, -0.15) is 0 Å². The van der Waals surface area contributed by atoms with Crippen LogP contribution >= 0.6 is 11.3 Å². The molecule has 0 unspecified atom stereocenters. The minimum atomic E-state index is 0.774. The van der Waals surface area contributed by atoms with Gasteiger partial charge in [0.15, 0.2) is 5.82 Å². The van der Waals surface area contributed by atoms with Gasteiger partial charge in [0.05, 0.1) is 11.2 Å². The molecule has 0 aliphatic carbocycles. The van der Waals surface area contributed by atoms with Gasteiger partial charge in [-0.05, 0) is 50.5 Å². The fourth-order valence-electron chi connectivity index (χ4n) is 6.33. The molecule has 9 aromatic rings. The summed E-state index contributed by atoms with van der Waals surface area (Å²) < 4.78 is 2.56. The van der Waals surface area contributed by atoms with Gasteiger partial charge in [0.1, 0.15) is 0 Å². The third-order valence-electron chi connectivity index (χ3n) is 8.01. The maximum atomic E-state index is 5.23. The summed E-state index contributed by atoms with van der Waals surface area (Å²) in [5.41, 5.74) is 4.12. The number of rotatable bonds is 2. The normalized spacial score (nSPS) is 12.1. The van der Waals surface area contributed by atoms with Crippen LogP contribution in [0.2, 0.25) is 0 Å². The molecule has 180 valence electrons. The van der Waals surface area contributed by atoms with E-state index in [0.717, 1.165) is 33.5 Å². The first-order valence-electron chi connectivity index (χ1n) is 13.2. The Labute approximate surface area is 228 Å². The molecule has 0 radical (unpaired) electrons. The van der Waals surface area contributed by atoms with E-state index in [0.29, 0.717) is 0 Å². The van der Waals surface area contributed by atoms with E-state index in [-0.39, 0.29) is 0 Å². The van der Waals surface area contributed by atoms with E-state index in [2.05, 4.69) is 115 Å². The number of aromatic nitrogens is 2. The molecule has 0 aliphatic rings. The van der Waals surface area contributed by atoms with Crippen LogP contribution in [0.25, 0.3) is 86.0 Å². The fraction of sp³-hybridized carbons (Fsp3) is 0. The maximum absolute atomic E-state index is 5.23. The Kier molecular flexibility index (Phi) is 4.24. The van der Waals surface area contributed by atoms with Crippen LogP contribution in [0.4, 0.5) is 0 Å². The predicted octanol–water partition coefficient (Wildman–Crippen LogP) is 10.2. The van der Waals surface area contributed by atoms with Crippen molar-refractivity contribution < 1.29 is 0 Å². The first-order valence-corrected chi connectivity index (χ1v) is 14.0. The summed E-state index contributed by atoms with van der Waals surface area (Å²) in [4.78, 5) is 10.3. The molecular weight excluding hydrogens is 492 g/mol. The smallest absolute Gasteiger partial charge is 0.161 e. The Morgan fingerprint density at radius 1 is 0.487 bits per heavy atom. The number of hydrogen-bond donors (Lipinski definition) is 0. The number of para-hydroxylation sites is 1. The number of fused-ring (bicyclic) bond motifs is 6. The first-order chi connectivity index (χ1) is 19.3. The Morgan fingerprint density at radius 3 is 2.05 bits per heavy atom. The van der Waals surface area contributed by atoms with E-state index >= 15 is 0 Å². The van der Waals surface area contributed by atoms with E-state index in [1.54, 1.807) is 0 Å².